The first-order valence-electron chi connectivity index (χ1n) is 5.72. The number of nitrogens with one attached hydrogen (secondary N) is 1. The smallest absolute Gasteiger partial charge is 0.315 e. The lowest BCUT2D eigenvalue weighted by Crippen LogP contribution is -2.10. The van der Waals surface area contributed by atoms with Crippen molar-refractivity contribution in [2.45, 2.75) is 19.3 Å². The van der Waals surface area contributed by atoms with E-state index >= 15 is 0 Å². The highest BCUT2D eigenvalue weighted by molar-refractivity contribution is 5.16. The molecule has 0 amide bonds. The number of hydrogen-bond acceptors (Lipinski definition) is 6. The lowest BCUT2D eigenvalue weighted by molar-refractivity contribution is 0.133. The van der Waals surface area contributed by atoms with Gasteiger partial charge in [0.1, 0.15) is 0 Å². The molecule has 0 aromatic carbocycles. The Hall–Kier alpha value is -1.14. The van der Waals surface area contributed by atoms with E-state index in [1.165, 1.54) is 12.8 Å². The van der Waals surface area contributed by atoms with Crippen LogP contribution in [0.4, 0.5) is 6.01 Å². The molecular formula is C10H18N4O2. The molecule has 0 spiro atoms. The average Bonchev–Trinajstić information content (AvgIpc) is 2.99. The van der Waals surface area contributed by atoms with Gasteiger partial charge in [-0.05, 0) is 18.8 Å². The second-order valence-electron chi connectivity index (χ2n) is 3.98. The van der Waals surface area contributed by atoms with E-state index in [1.54, 1.807) is 0 Å². The molecule has 0 radical (unpaired) electrons. The Morgan fingerprint density at radius 2 is 2.31 bits per heavy atom. The van der Waals surface area contributed by atoms with Crippen LogP contribution in [0.2, 0.25) is 0 Å². The number of anilines is 1. The largest absolute Gasteiger partial charge is 0.408 e. The van der Waals surface area contributed by atoms with Crippen LogP contribution in [-0.4, -0.2) is 36.5 Å². The molecule has 3 N–H and O–H groups in total. The number of hydrogen-bond donors (Lipinski definition) is 2. The standard InChI is InChI=1S/C10H18N4O2/c11-4-3-9-13-14-10(16-9)12-5-6-15-7-8-1-2-8/h8H,1-7,11H2,(H,12,14). The fraction of sp³-hybridized carbons (Fsp3) is 0.800. The maximum absolute atomic E-state index is 5.46. The highest BCUT2D eigenvalue weighted by Crippen LogP contribution is 2.28. The van der Waals surface area contributed by atoms with E-state index in [0.29, 0.717) is 38.0 Å². The first-order chi connectivity index (χ1) is 7.88. The van der Waals surface area contributed by atoms with E-state index in [1.807, 2.05) is 0 Å². The summed E-state index contributed by atoms with van der Waals surface area (Å²) in [4.78, 5) is 0. The van der Waals surface area contributed by atoms with Gasteiger partial charge < -0.3 is 20.2 Å². The number of nitrogens with two attached hydrogens (primary N) is 1. The quantitative estimate of drug-likeness (QED) is 0.624. The Morgan fingerprint density at radius 3 is 3.06 bits per heavy atom. The van der Waals surface area contributed by atoms with Crippen LogP contribution in [0.15, 0.2) is 4.42 Å². The molecule has 0 atom stereocenters. The third-order valence-corrected chi connectivity index (χ3v) is 2.40. The van der Waals surface area contributed by atoms with Crippen LogP contribution in [0.1, 0.15) is 18.7 Å². The highest BCUT2D eigenvalue weighted by atomic mass is 16.5. The zero-order chi connectivity index (χ0) is 11.2. The van der Waals surface area contributed by atoms with Crippen LogP contribution in [0.3, 0.4) is 0 Å². The molecule has 0 aliphatic heterocycles. The molecule has 1 aromatic rings. The molecule has 2 rings (SSSR count). The monoisotopic (exact) mass is 226 g/mol. The van der Waals surface area contributed by atoms with E-state index in [0.717, 1.165) is 12.5 Å². The Balaban J connectivity index is 1.56. The Bertz CT molecular complexity index is 312. The van der Waals surface area contributed by atoms with E-state index in [9.17, 15) is 0 Å². The maximum Gasteiger partial charge on any atom is 0.315 e. The summed E-state index contributed by atoms with van der Waals surface area (Å²) in [6, 6.07) is 0.443. The van der Waals surface area contributed by atoms with Gasteiger partial charge in [-0.2, -0.15) is 0 Å². The van der Waals surface area contributed by atoms with E-state index in [4.69, 9.17) is 14.9 Å². The van der Waals surface area contributed by atoms with Crippen molar-refractivity contribution >= 4 is 6.01 Å². The predicted octanol–water partition coefficient (Wildman–Crippen LogP) is 0.409. The second-order valence-corrected chi connectivity index (χ2v) is 3.98. The molecule has 1 aliphatic carbocycles. The van der Waals surface area contributed by atoms with Crippen LogP contribution in [0, 0.1) is 5.92 Å². The van der Waals surface area contributed by atoms with Crippen molar-refractivity contribution in [2.75, 3.05) is 31.6 Å². The summed E-state index contributed by atoms with van der Waals surface area (Å²) in [6.45, 7) is 2.76. The number of ether oxygens (including phenoxy) is 1. The van der Waals surface area contributed by atoms with Gasteiger partial charge in [-0.1, -0.05) is 5.10 Å². The molecule has 0 saturated heterocycles. The van der Waals surface area contributed by atoms with Crippen molar-refractivity contribution < 1.29 is 9.15 Å². The van der Waals surface area contributed by atoms with Gasteiger partial charge >= 0.3 is 6.01 Å². The topological polar surface area (TPSA) is 86.2 Å². The van der Waals surface area contributed by atoms with E-state index in [2.05, 4.69) is 15.5 Å². The molecule has 6 nitrogen and oxygen atoms in total. The lowest BCUT2D eigenvalue weighted by atomic mass is 10.4. The molecule has 1 fully saturated rings. The van der Waals surface area contributed by atoms with Crippen LogP contribution in [0.25, 0.3) is 0 Å². The Kier molecular flexibility index (Phi) is 4.12. The number of nitrogens with zero attached hydrogens (tertiary/aromatic N) is 2. The van der Waals surface area contributed by atoms with Crippen LogP contribution < -0.4 is 11.1 Å². The Labute approximate surface area is 94.6 Å². The van der Waals surface area contributed by atoms with Gasteiger partial charge in [-0.3, -0.25) is 0 Å². The highest BCUT2D eigenvalue weighted by Gasteiger charge is 2.20. The molecule has 90 valence electrons. The summed E-state index contributed by atoms with van der Waals surface area (Å²) < 4.78 is 10.8. The van der Waals surface area contributed by atoms with Gasteiger partial charge in [-0.25, -0.2) is 0 Å². The minimum Gasteiger partial charge on any atom is -0.408 e. The van der Waals surface area contributed by atoms with Crippen molar-refractivity contribution in [3.8, 4) is 0 Å². The van der Waals surface area contributed by atoms with E-state index in [-0.39, 0.29) is 0 Å². The zero-order valence-corrected chi connectivity index (χ0v) is 9.32. The minimum absolute atomic E-state index is 0.443. The van der Waals surface area contributed by atoms with Gasteiger partial charge in [0.2, 0.25) is 5.89 Å². The molecule has 1 heterocycles. The lowest BCUT2D eigenvalue weighted by Gasteiger charge is -2.02. The summed E-state index contributed by atoms with van der Waals surface area (Å²) in [5.74, 6) is 1.38. The fourth-order valence-corrected chi connectivity index (χ4v) is 1.31. The normalized spacial score (nSPS) is 15.3. The maximum atomic E-state index is 5.46. The van der Waals surface area contributed by atoms with Gasteiger partial charge in [0.05, 0.1) is 6.61 Å². The number of aromatic nitrogens is 2. The SMILES string of the molecule is NCCc1nnc(NCCOCC2CC2)o1. The van der Waals surface area contributed by atoms with Crippen LogP contribution in [-0.2, 0) is 11.2 Å². The molecular weight excluding hydrogens is 208 g/mol. The molecule has 0 unspecified atom stereocenters. The van der Waals surface area contributed by atoms with Crippen LogP contribution in [0.5, 0.6) is 0 Å². The third-order valence-electron chi connectivity index (χ3n) is 2.40. The van der Waals surface area contributed by atoms with Crippen molar-refractivity contribution in [1.29, 1.82) is 0 Å². The molecule has 1 saturated carbocycles. The average molecular weight is 226 g/mol. The van der Waals surface area contributed by atoms with E-state index < -0.39 is 0 Å². The van der Waals surface area contributed by atoms with Crippen molar-refractivity contribution in [3.05, 3.63) is 5.89 Å². The first-order valence-corrected chi connectivity index (χ1v) is 5.72. The summed E-state index contributed by atoms with van der Waals surface area (Å²) >= 11 is 0. The van der Waals surface area contributed by atoms with Gasteiger partial charge in [0, 0.05) is 26.1 Å². The molecule has 16 heavy (non-hydrogen) atoms. The summed E-state index contributed by atoms with van der Waals surface area (Å²) in [5.41, 5.74) is 5.38. The molecule has 0 bridgehead atoms. The van der Waals surface area contributed by atoms with Crippen molar-refractivity contribution in [2.24, 2.45) is 11.7 Å². The fourth-order valence-electron chi connectivity index (χ4n) is 1.31. The first kappa shape index (κ1) is 11.3. The van der Waals surface area contributed by atoms with Gasteiger partial charge in [0.15, 0.2) is 0 Å². The minimum atomic E-state index is 0.443. The van der Waals surface area contributed by atoms with Gasteiger partial charge in [-0.15, -0.1) is 5.10 Å². The summed E-state index contributed by atoms with van der Waals surface area (Å²) in [5, 5.41) is 10.7. The second kappa shape index (κ2) is 5.81. The molecule has 6 heteroatoms. The molecule has 1 aliphatic rings. The predicted molar refractivity (Wildman–Crippen MR) is 59.1 cm³/mol. The Morgan fingerprint density at radius 1 is 1.44 bits per heavy atom. The van der Waals surface area contributed by atoms with Crippen LogP contribution >= 0.6 is 0 Å². The van der Waals surface area contributed by atoms with Crippen molar-refractivity contribution in [3.63, 3.8) is 0 Å². The number of rotatable bonds is 8. The third kappa shape index (κ3) is 3.79. The summed E-state index contributed by atoms with van der Waals surface area (Å²) in [7, 11) is 0. The van der Waals surface area contributed by atoms with Crippen molar-refractivity contribution in [1.82, 2.24) is 10.2 Å². The summed E-state index contributed by atoms with van der Waals surface area (Å²) in [6.07, 6.45) is 3.26. The molecule has 1 aromatic heterocycles. The zero-order valence-electron chi connectivity index (χ0n) is 9.32. The van der Waals surface area contributed by atoms with Gasteiger partial charge in [0.25, 0.3) is 0 Å².